The first-order chi connectivity index (χ1) is 18.2. The first-order valence-corrected chi connectivity index (χ1v) is 12.4. The van der Waals surface area contributed by atoms with Gasteiger partial charge in [0.05, 0.1) is 11.9 Å². The second kappa shape index (κ2) is 10.7. The molecule has 0 N–H and O–H groups in total. The minimum atomic E-state index is -4.68. The summed E-state index contributed by atoms with van der Waals surface area (Å²) in [5, 5.41) is 3.71. The van der Waals surface area contributed by atoms with Gasteiger partial charge in [0, 0.05) is 37.8 Å². The number of benzene rings is 1. The molecule has 1 aromatic carbocycles. The minimum absolute atomic E-state index is 0.0520. The molecule has 0 bridgehead atoms. The lowest BCUT2D eigenvalue weighted by Crippen LogP contribution is -2.50. The van der Waals surface area contributed by atoms with E-state index in [1.54, 1.807) is 39.5 Å². The average Bonchev–Trinajstić information content (AvgIpc) is 3.31. The van der Waals surface area contributed by atoms with Crippen molar-refractivity contribution in [1.82, 2.24) is 24.6 Å². The number of alkyl halides is 3. The molecular formula is C26H30F4N6O3. The second-order valence-corrected chi connectivity index (χ2v) is 10.4. The van der Waals surface area contributed by atoms with Gasteiger partial charge in [-0.3, -0.25) is 4.68 Å². The molecule has 4 rings (SSSR count). The van der Waals surface area contributed by atoms with Gasteiger partial charge in [-0.2, -0.15) is 18.3 Å². The van der Waals surface area contributed by atoms with Gasteiger partial charge in [0.2, 0.25) is 0 Å². The molecule has 0 saturated carbocycles. The van der Waals surface area contributed by atoms with Gasteiger partial charge in [-0.1, -0.05) is 0 Å². The number of ether oxygens (including phenoxy) is 2. The van der Waals surface area contributed by atoms with Crippen LogP contribution >= 0.6 is 0 Å². The highest BCUT2D eigenvalue weighted by Gasteiger charge is 2.36. The largest absolute Gasteiger partial charge is 0.451 e. The van der Waals surface area contributed by atoms with E-state index >= 15 is 0 Å². The molecule has 13 heteroatoms. The van der Waals surface area contributed by atoms with Crippen LogP contribution in [0.4, 0.5) is 28.2 Å². The van der Waals surface area contributed by atoms with Gasteiger partial charge in [-0.25, -0.2) is 19.2 Å². The third-order valence-electron chi connectivity index (χ3n) is 5.84. The van der Waals surface area contributed by atoms with Crippen molar-refractivity contribution in [2.75, 3.05) is 31.1 Å². The number of piperazine rings is 1. The summed E-state index contributed by atoms with van der Waals surface area (Å²) < 4.78 is 67.5. The number of hydrogen-bond donors (Lipinski definition) is 0. The zero-order valence-corrected chi connectivity index (χ0v) is 22.3. The van der Waals surface area contributed by atoms with Crippen LogP contribution in [0, 0.1) is 5.82 Å². The van der Waals surface area contributed by atoms with Gasteiger partial charge in [-0.05, 0) is 58.9 Å². The second-order valence-electron chi connectivity index (χ2n) is 10.4. The Morgan fingerprint density at radius 1 is 1.03 bits per heavy atom. The number of rotatable bonds is 5. The van der Waals surface area contributed by atoms with Crippen LogP contribution in [0.3, 0.4) is 0 Å². The molecule has 0 unspecified atom stereocenters. The third-order valence-corrected chi connectivity index (χ3v) is 5.84. The summed E-state index contributed by atoms with van der Waals surface area (Å²) >= 11 is 0. The number of hydrogen-bond acceptors (Lipinski definition) is 7. The lowest BCUT2D eigenvalue weighted by atomic mass is 10.1. The Labute approximate surface area is 223 Å². The highest BCUT2D eigenvalue weighted by molar-refractivity contribution is 5.70. The Hall–Kier alpha value is -3.90. The van der Waals surface area contributed by atoms with E-state index in [0.29, 0.717) is 32.0 Å². The molecule has 39 heavy (non-hydrogen) atoms. The van der Waals surface area contributed by atoms with E-state index in [9.17, 15) is 22.4 Å². The van der Waals surface area contributed by atoms with E-state index < -0.39 is 35.4 Å². The van der Waals surface area contributed by atoms with E-state index in [4.69, 9.17) is 9.47 Å². The Bertz CT molecular complexity index is 1330. The Kier molecular flexibility index (Phi) is 7.71. The first kappa shape index (κ1) is 28.1. The fourth-order valence-electron chi connectivity index (χ4n) is 4.08. The van der Waals surface area contributed by atoms with Crippen molar-refractivity contribution in [1.29, 1.82) is 0 Å². The van der Waals surface area contributed by atoms with Crippen molar-refractivity contribution in [3.8, 4) is 22.8 Å². The van der Waals surface area contributed by atoms with Gasteiger partial charge in [0.25, 0.3) is 0 Å². The fourth-order valence-corrected chi connectivity index (χ4v) is 4.08. The van der Waals surface area contributed by atoms with Crippen LogP contribution in [0.25, 0.3) is 11.3 Å². The van der Waals surface area contributed by atoms with Crippen molar-refractivity contribution in [3.63, 3.8) is 0 Å². The standard InChI is InChI=1S/C26H30F4N6O3/c1-16(2)36-19(13-22(33-36)26(28,29)30)18-12-17(27)6-7-20(18)38-21-14-31-15-32-23(21)34-8-10-35(11-9-34)24(37)39-25(3,4)5/h6-7,12-16H,8-11H2,1-5H3. The molecular weight excluding hydrogens is 520 g/mol. The van der Waals surface area contributed by atoms with Crippen LogP contribution in [0.5, 0.6) is 11.5 Å². The van der Waals surface area contributed by atoms with E-state index in [-0.39, 0.29) is 22.8 Å². The van der Waals surface area contributed by atoms with Crippen LogP contribution in [0.1, 0.15) is 46.4 Å². The first-order valence-electron chi connectivity index (χ1n) is 12.4. The van der Waals surface area contributed by atoms with Crippen molar-refractivity contribution in [3.05, 3.63) is 48.3 Å². The lowest BCUT2D eigenvalue weighted by molar-refractivity contribution is -0.141. The monoisotopic (exact) mass is 550 g/mol. The van der Waals surface area contributed by atoms with Gasteiger partial charge < -0.3 is 19.3 Å². The number of carbonyl (C=O) groups excluding carboxylic acids is 1. The summed E-state index contributed by atoms with van der Waals surface area (Å²) in [5.41, 5.74) is -1.55. The van der Waals surface area contributed by atoms with Crippen molar-refractivity contribution in [2.45, 2.75) is 52.4 Å². The zero-order chi connectivity index (χ0) is 28.5. The van der Waals surface area contributed by atoms with Crippen LogP contribution < -0.4 is 9.64 Å². The number of aromatic nitrogens is 4. The Morgan fingerprint density at radius 2 is 1.72 bits per heavy atom. The topological polar surface area (TPSA) is 85.6 Å². The molecule has 1 saturated heterocycles. The molecule has 3 aromatic rings. The Balaban J connectivity index is 1.62. The number of amides is 1. The zero-order valence-electron chi connectivity index (χ0n) is 22.3. The molecule has 0 radical (unpaired) electrons. The molecule has 1 amide bonds. The molecule has 2 aromatic heterocycles. The quantitative estimate of drug-likeness (QED) is 0.364. The van der Waals surface area contributed by atoms with Crippen LogP contribution in [-0.2, 0) is 10.9 Å². The molecule has 1 aliphatic rings. The maximum Gasteiger partial charge on any atom is 0.435 e. The van der Waals surface area contributed by atoms with Gasteiger partial charge >= 0.3 is 12.3 Å². The molecule has 210 valence electrons. The molecule has 0 spiro atoms. The average molecular weight is 551 g/mol. The van der Waals surface area contributed by atoms with Crippen molar-refractivity contribution >= 4 is 11.9 Å². The number of carbonyl (C=O) groups is 1. The summed E-state index contributed by atoms with van der Waals surface area (Å²) in [4.78, 5) is 24.3. The van der Waals surface area contributed by atoms with Gasteiger partial charge in [0.1, 0.15) is 23.5 Å². The summed E-state index contributed by atoms with van der Waals surface area (Å²) in [6.45, 7) is 10.4. The summed E-state index contributed by atoms with van der Waals surface area (Å²) in [7, 11) is 0. The van der Waals surface area contributed by atoms with Crippen molar-refractivity contribution in [2.24, 2.45) is 0 Å². The fraction of sp³-hybridized carbons (Fsp3) is 0.462. The van der Waals surface area contributed by atoms with Crippen LogP contribution in [-0.4, -0.2) is 62.5 Å². The number of halogens is 4. The summed E-state index contributed by atoms with van der Waals surface area (Å²) in [6, 6.07) is 4.04. The number of anilines is 1. The molecule has 0 aliphatic carbocycles. The third kappa shape index (κ3) is 6.58. The molecule has 1 aliphatic heterocycles. The smallest absolute Gasteiger partial charge is 0.435 e. The minimum Gasteiger partial charge on any atom is -0.451 e. The predicted octanol–water partition coefficient (Wildman–Crippen LogP) is 5.93. The summed E-state index contributed by atoms with van der Waals surface area (Å²) in [6.07, 6.45) is -2.31. The van der Waals surface area contributed by atoms with E-state index in [1.165, 1.54) is 23.3 Å². The highest BCUT2D eigenvalue weighted by atomic mass is 19.4. The Morgan fingerprint density at radius 3 is 2.33 bits per heavy atom. The summed E-state index contributed by atoms with van der Waals surface area (Å²) in [5.74, 6) is 0.112. The highest BCUT2D eigenvalue weighted by Crippen LogP contribution is 2.40. The van der Waals surface area contributed by atoms with Crippen LogP contribution in [0.15, 0.2) is 36.8 Å². The van der Waals surface area contributed by atoms with E-state index in [1.807, 2.05) is 4.90 Å². The van der Waals surface area contributed by atoms with Gasteiger partial charge in [0.15, 0.2) is 17.3 Å². The van der Waals surface area contributed by atoms with E-state index in [0.717, 1.165) is 18.2 Å². The van der Waals surface area contributed by atoms with Gasteiger partial charge in [-0.15, -0.1) is 0 Å². The molecule has 1 fully saturated rings. The molecule has 3 heterocycles. The van der Waals surface area contributed by atoms with Crippen molar-refractivity contribution < 1.29 is 31.8 Å². The molecule has 0 atom stereocenters. The normalized spacial score (nSPS) is 14.6. The number of nitrogens with zero attached hydrogens (tertiary/aromatic N) is 6. The predicted molar refractivity (Wildman–Crippen MR) is 135 cm³/mol. The van der Waals surface area contributed by atoms with E-state index in [2.05, 4.69) is 15.1 Å². The SMILES string of the molecule is CC(C)n1nc(C(F)(F)F)cc1-c1cc(F)ccc1Oc1cncnc1N1CCN(C(=O)OC(C)(C)C)CC1. The molecule has 9 nitrogen and oxygen atoms in total. The maximum absolute atomic E-state index is 14.3. The van der Waals surface area contributed by atoms with Crippen LogP contribution in [0.2, 0.25) is 0 Å². The maximum atomic E-state index is 14.3. The lowest BCUT2D eigenvalue weighted by Gasteiger charge is -2.36.